The number of ether oxygens (including phenoxy) is 3. The van der Waals surface area contributed by atoms with Crippen molar-refractivity contribution >= 4 is 34.4 Å². The van der Waals surface area contributed by atoms with Gasteiger partial charge in [-0.1, -0.05) is 32.6 Å². The van der Waals surface area contributed by atoms with Crippen LogP contribution < -0.4 is 14.8 Å². The fourth-order valence-electron chi connectivity index (χ4n) is 5.35. The molecule has 230 valence electrons. The Morgan fingerprint density at radius 3 is 2.63 bits per heavy atom. The van der Waals surface area contributed by atoms with Crippen LogP contribution in [0, 0.1) is 3.57 Å². The number of carbonyl (C=O) groups is 2. The molecule has 2 amide bonds. The molecule has 2 aliphatic rings. The number of nitrogens with one attached hydrogen (secondary N) is 1. The lowest BCUT2D eigenvalue weighted by Crippen LogP contribution is -2.56. The van der Waals surface area contributed by atoms with Crippen molar-refractivity contribution in [1.29, 1.82) is 0 Å². The molecular formula is C30H45IN2O8. The van der Waals surface area contributed by atoms with Gasteiger partial charge in [-0.2, -0.15) is 0 Å². The van der Waals surface area contributed by atoms with E-state index in [-0.39, 0.29) is 44.1 Å². The molecule has 4 N–H and O–H groups in total. The minimum Gasteiger partial charge on any atom is -0.493 e. The first-order chi connectivity index (χ1) is 19.8. The number of methoxy groups -OCH3 is 1. The van der Waals surface area contributed by atoms with Crippen LogP contribution in [0.3, 0.4) is 0 Å². The van der Waals surface area contributed by atoms with Crippen LogP contribution in [0.5, 0.6) is 11.5 Å². The summed E-state index contributed by atoms with van der Waals surface area (Å²) in [5.41, 5.74) is 1.01. The van der Waals surface area contributed by atoms with Crippen LogP contribution in [0.25, 0.3) is 0 Å². The summed E-state index contributed by atoms with van der Waals surface area (Å²) < 4.78 is 18.4. The molecule has 1 saturated heterocycles. The maximum Gasteiger partial charge on any atom is 0.247 e. The van der Waals surface area contributed by atoms with E-state index < -0.39 is 18.2 Å². The van der Waals surface area contributed by atoms with E-state index in [9.17, 15) is 24.9 Å². The average Bonchev–Trinajstić information content (AvgIpc) is 3.49. The summed E-state index contributed by atoms with van der Waals surface area (Å²) in [4.78, 5) is 28.4. The summed E-state index contributed by atoms with van der Waals surface area (Å²) in [7, 11) is 1.49. The second-order valence-electron chi connectivity index (χ2n) is 10.6. The van der Waals surface area contributed by atoms with E-state index in [1.54, 1.807) is 23.1 Å². The number of nitrogens with zero attached hydrogens (tertiary/aromatic N) is 1. The number of hydrogen-bond donors (Lipinski definition) is 4. The number of rotatable bonds is 16. The van der Waals surface area contributed by atoms with Crippen molar-refractivity contribution in [3.05, 3.63) is 32.9 Å². The predicted molar refractivity (Wildman–Crippen MR) is 163 cm³/mol. The Kier molecular flexibility index (Phi) is 14.1. The Morgan fingerprint density at radius 2 is 1.98 bits per heavy atom. The maximum atomic E-state index is 13.7. The summed E-state index contributed by atoms with van der Waals surface area (Å²) >= 11 is 2.08. The topological polar surface area (TPSA) is 138 Å². The van der Waals surface area contributed by atoms with E-state index in [0.29, 0.717) is 45.8 Å². The quantitative estimate of drug-likeness (QED) is 0.154. The number of halogens is 1. The number of carbonyl (C=O) groups excluding carboxylic acids is 2. The Hall–Kier alpha value is -1.93. The molecule has 11 heteroatoms. The second kappa shape index (κ2) is 17.3. The number of aliphatic hydroxyl groups excluding tert-OH is 3. The number of aliphatic hydroxyl groups is 3. The second-order valence-corrected chi connectivity index (χ2v) is 11.8. The van der Waals surface area contributed by atoms with Gasteiger partial charge in [0, 0.05) is 38.1 Å². The third kappa shape index (κ3) is 9.54. The number of hydrogen-bond acceptors (Lipinski definition) is 8. The lowest BCUT2D eigenvalue weighted by atomic mass is 9.87. The number of amides is 2. The third-order valence-electron chi connectivity index (χ3n) is 7.58. The normalized spacial score (nSPS) is 22.2. The van der Waals surface area contributed by atoms with Crippen LogP contribution in [-0.4, -0.2) is 89.8 Å². The minimum absolute atomic E-state index is 0.0729. The van der Waals surface area contributed by atoms with Gasteiger partial charge in [-0.3, -0.25) is 9.59 Å². The molecular weight excluding hydrogens is 643 g/mol. The first kappa shape index (κ1) is 33.6. The van der Waals surface area contributed by atoms with Crippen molar-refractivity contribution in [2.45, 2.75) is 95.7 Å². The van der Waals surface area contributed by atoms with E-state index in [1.165, 1.54) is 7.11 Å². The van der Waals surface area contributed by atoms with Crippen molar-refractivity contribution in [2.24, 2.45) is 0 Å². The van der Waals surface area contributed by atoms with Crippen LogP contribution in [-0.2, 0) is 20.9 Å². The fourth-order valence-corrected chi connectivity index (χ4v) is 6.14. The number of unbranched alkanes of at least 4 members (excludes halogenated alkanes) is 4. The SMILES string of the molecule is CCCCCCCC(=O)N(CC1CCCO1)C1CC(C(=O)NCCO)=CC(Oc2c(I)cc(CO)cc2OC)C1O. The Balaban J connectivity index is 1.92. The molecule has 0 radical (unpaired) electrons. The fraction of sp³-hybridized carbons (Fsp3) is 0.667. The molecule has 1 aromatic rings. The average molecular weight is 689 g/mol. The Bertz CT molecular complexity index is 1030. The van der Waals surface area contributed by atoms with Gasteiger partial charge in [-0.05, 0) is 65.6 Å². The zero-order valence-electron chi connectivity index (χ0n) is 24.1. The largest absolute Gasteiger partial charge is 0.493 e. The van der Waals surface area contributed by atoms with E-state index in [0.717, 1.165) is 44.9 Å². The van der Waals surface area contributed by atoms with Gasteiger partial charge < -0.3 is 39.7 Å². The van der Waals surface area contributed by atoms with E-state index in [1.807, 2.05) is 0 Å². The predicted octanol–water partition coefficient (Wildman–Crippen LogP) is 3.08. The maximum absolute atomic E-state index is 13.7. The van der Waals surface area contributed by atoms with Gasteiger partial charge in [-0.25, -0.2) is 0 Å². The van der Waals surface area contributed by atoms with E-state index in [4.69, 9.17) is 14.2 Å². The van der Waals surface area contributed by atoms with Gasteiger partial charge in [0.15, 0.2) is 11.5 Å². The molecule has 1 fully saturated rings. The Labute approximate surface area is 256 Å². The molecule has 0 spiro atoms. The lowest BCUT2D eigenvalue weighted by molar-refractivity contribution is -0.141. The van der Waals surface area contributed by atoms with Crippen LogP contribution in [0.1, 0.15) is 70.3 Å². The lowest BCUT2D eigenvalue weighted by Gasteiger charge is -2.41. The van der Waals surface area contributed by atoms with Crippen molar-refractivity contribution in [3.8, 4) is 11.5 Å². The van der Waals surface area contributed by atoms with Gasteiger partial charge in [0.25, 0.3) is 0 Å². The first-order valence-corrected chi connectivity index (χ1v) is 15.7. The van der Waals surface area contributed by atoms with Crippen LogP contribution in [0.4, 0.5) is 0 Å². The van der Waals surface area contributed by atoms with Gasteiger partial charge >= 0.3 is 0 Å². The van der Waals surface area contributed by atoms with E-state index in [2.05, 4.69) is 34.8 Å². The molecule has 1 aromatic carbocycles. The molecule has 10 nitrogen and oxygen atoms in total. The summed E-state index contributed by atoms with van der Waals surface area (Å²) in [5, 5.41) is 33.2. The Morgan fingerprint density at radius 1 is 1.20 bits per heavy atom. The summed E-state index contributed by atoms with van der Waals surface area (Å²) in [6.07, 6.45) is 6.65. The highest BCUT2D eigenvalue weighted by Crippen LogP contribution is 2.37. The molecule has 4 atom stereocenters. The van der Waals surface area contributed by atoms with Crippen LogP contribution in [0.15, 0.2) is 23.8 Å². The summed E-state index contributed by atoms with van der Waals surface area (Å²) in [6.45, 7) is 2.82. The van der Waals surface area contributed by atoms with Crippen molar-refractivity contribution < 1.29 is 39.1 Å². The van der Waals surface area contributed by atoms with Crippen molar-refractivity contribution in [1.82, 2.24) is 10.2 Å². The summed E-state index contributed by atoms with van der Waals surface area (Å²) in [6, 6.07) is 2.71. The zero-order valence-corrected chi connectivity index (χ0v) is 26.3. The van der Waals surface area contributed by atoms with Gasteiger partial charge in [-0.15, -0.1) is 0 Å². The molecule has 4 unspecified atom stereocenters. The van der Waals surface area contributed by atoms with Gasteiger partial charge in [0.1, 0.15) is 12.2 Å². The molecule has 3 rings (SSSR count). The van der Waals surface area contributed by atoms with E-state index >= 15 is 0 Å². The third-order valence-corrected chi connectivity index (χ3v) is 8.38. The number of benzene rings is 1. The highest BCUT2D eigenvalue weighted by Gasteiger charge is 2.41. The van der Waals surface area contributed by atoms with Crippen LogP contribution >= 0.6 is 22.6 Å². The van der Waals surface area contributed by atoms with Gasteiger partial charge in [0.05, 0.1) is 36.0 Å². The molecule has 41 heavy (non-hydrogen) atoms. The van der Waals surface area contributed by atoms with Crippen molar-refractivity contribution in [3.63, 3.8) is 0 Å². The molecule has 0 bridgehead atoms. The highest BCUT2D eigenvalue weighted by molar-refractivity contribution is 14.1. The smallest absolute Gasteiger partial charge is 0.247 e. The molecule has 1 heterocycles. The van der Waals surface area contributed by atoms with Crippen LogP contribution in [0.2, 0.25) is 0 Å². The van der Waals surface area contributed by atoms with Gasteiger partial charge in [0.2, 0.25) is 11.8 Å². The standard InChI is InChI=1S/C30H45IN2O8/c1-3-4-5-6-7-10-27(36)33(18-22-9-8-13-40-22)24-16-21(30(38)32-11-12-34)17-25(28(24)37)41-29-23(31)14-20(19-35)15-26(29)39-2/h14-15,17,22,24-25,28,34-35,37H,3-13,16,18-19H2,1-2H3,(H,32,38). The molecule has 1 aliphatic heterocycles. The highest BCUT2D eigenvalue weighted by atomic mass is 127. The summed E-state index contributed by atoms with van der Waals surface area (Å²) in [5.74, 6) is 0.297. The van der Waals surface area contributed by atoms with Crippen molar-refractivity contribution in [2.75, 3.05) is 33.4 Å². The zero-order chi connectivity index (χ0) is 29.8. The molecule has 0 aromatic heterocycles. The molecule has 0 saturated carbocycles. The molecule has 1 aliphatic carbocycles. The monoisotopic (exact) mass is 688 g/mol. The first-order valence-electron chi connectivity index (χ1n) is 14.7. The minimum atomic E-state index is -1.13.